The van der Waals surface area contributed by atoms with Crippen LogP contribution in [0.1, 0.15) is 16.7 Å². The van der Waals surface area contributed by atoms with Crippen LogP contribution in [0.15, 0.2) is 18.2 Å². The summed E-state index contributed by atoms with van der Waals surface area (Å²) in [6, 6.07) is 5.49. The molecule has 1 amide bonds. The third-order valence-electron chi connectivity index (χ3n) is 2.42. The first-order valence-electron chi connectivity index (χ1n) is 4.86. The molecule has 15 heavy (non-hydrogen) atoms. The van der Waals surface area contributed by atoms with Gasteiger partial charge in [0.15, 0.2) is 0 Å². The zero-order chi connectivity index (χ0) is 11.4. The number of aryl methyl sites for hydroxylation is 2. The van der Waals surface area contributed by atoms with Crippen molar-refractivity contribution in [2.24, 2.45) is 11.6 Å². The molecule has 82 valence electrons. The van der Waals surface area contributed by atoms with Gasteiger partial charge in [0.25, 0.3) is 5.91 Å². The summed E-state index contributed by atoms with van der Waals surface area (Å²) in [7, 11) is 0. The van der Waals surface area contributed by atoms with Crippen molar-refractivity contribution in [2.75, 3.05) is 0 Å². The van der Waals surface area contributed by atoms with E-state index in [4.69, 9.17) is 11.6 Å². The van der Waals surface area contributed by atoms with Crippen molar-refractivity contribution in [1.29, 1.82) is 0 Å². The summed E-state index contributed by atoms with van der Waals surface area (Å²) < 4.78 is 0. The van der Waals surface area contributed by atoms with E-state index in [-0.39, 0.29) is 5.91 Å². The molecule has 4 nitrogen and oxygen atoms in total. The maximum Gasteiger partial charge on any atom is 0.251 e. The van der Waals surface area contributed by atoms with Gasteiger partial charge >= 0.3 is 0 Å². The van der Waals surface area contributed by atoms with E-state index < -0.39 is 6.04 Å². The number of benzene rings is 1. The van der Waals surface area contributed by atoms with Crippen LogP contribution in [0.4, 0.5) is 0 Å². The molecule has 0 aliphatic rings. The standard InChI is InChI=1S/C11H17N3O/c1-7-3-4-9(8(2)5-7)6-10(12)11(15)14-13/h3-5,10H,6,12-13H2,1-2H3,(H,14,15). The van der Waals surface area contributed by atoms with Gasteiger partial charge in [-0.25, -0.2) is 5.84 Å². The van der Waals surface area contributed by atoms with Crippen LogP contribution in [-0.4, -0.2) is 11.9 Å². The van der Waals surface area contributed by atoms with E-state index in [1.807, 2.05) is 26.0 Å². The summed E-state index contributed by atoms with van der Waals surface area (Å²) in [4.78, 5) is 11.1. The normalized spacial score (nSPS) is 12.3. The summed E-state index contributed by atoms with van der Waals surface area (Å²) in [5, 5.41) is 0. The van der Waals surface area contributed by atoms with E-state index in [2.05, 4.69) is 11.5 Å². The lowest BCUT2D eigenvalue weighted by molar-refractivity contribution is -0.122. The molecule has 0 saturated carbocycles. The van der Waals surface area contributed by atoms with E-state index in [9.17, 15) is 4.79 Å². The van der Waals surface area contributed by atoms with Crippen LogP contribution in [0, 0.1) is 13.8 Å². The number of rotatable bonds is 3. The first kappa shape index (κ1) is 11.7. The van der Waals surface area contributed by atoms with Crippen LogP contribution < -0.4 is 17.0 Å². The number of hydrogen-bond acceptors (Lipinski definition) is 3. The van der Waals surface area contributed by atoms with Crippen molar-refractivity contribution in [2.45, 2.75) is 26.3 Å². The van der Waals surface area contributed by atoms with Crippen molar-refractivity contribution in [1.82, 2.24) is 5.43 Å². The molecule has 0 aliphatic heterocycles. The van der Waals surface area contributed by atoms with Crippen LogP contribution in [0.3, 0.4) is 0 Å². The Morgan fingerprint density at radius 2 is 2.13 bits per heavy atom. The van der Waals surface area contributed by atoms with Gasteiger partial charge < -0.3 is 5.73 Å². The Kier molecular flexibility index (Phi) is 3.82. The second kappa shape index (κ2) is 4.91. The number of carbonyl (C=O) groups excluding carboxylic acids is 1. The molecule has 4 heteroatoms. The van der Waals surface area contributed by atoms with E-state index in [0.717, 1.165) is 11.1 Å². The highest BCUT2D eigenvalue weighted by atomic mass is 16.2. The Balaban J connectivity index is 2.76. The molecule has 1 aromatic carbocycles. The summed E-state index contributed by atoms with van der Waals surface area (Å²) in [5.74, 6) is 4.67. The van der Waals surface area contributed by atoms with Crippen LogP contribution in [0.25, 0.3) is 0 Å². The Morgan fingerprint density at radius 3 is 2.67 bits per heavy atom. The summed E-state index contributed by atoms with van der Waals surface area (Å²) >= 11 is 0. The van der Waals surface area contributed by atoms with Crippen molar-refractivity contribution < 1.29 is 4.79 Å². The van der Waals surface area contributed by atoms with Crippen LogP contribution >= 0.6 is 0 Å². The van der Waals surface area contributed by atoms with Crippen molar-refractivity contribution in [3.8, 4) is 0 Å². The number of hydrogen-bond donors (Lipinski definition) is 3. The summed E-state index contributed by atoms with van der Waals surface area (Å²) in [6.45, 7) is 4.04. The SMILES string of the molecule is Cc1ccc(CC(N)C(=O)NN)c(C)c1. The molecular weight excluding hydrogens is 190 g/mol. The van der Waals surface area contributed by atoms with Crippen molar-refractivity contribution >= 4 is 5.91 Å². The number of amides is 1. The number of nitrogens with two attached hydrogens (primary N) is 2. The smallest absolute Gasteiger partial charge is 0.251 e. The molecule has 1 rings (SSSR count). The second-order valence-corrected chi connectivity index (χ2v) is 3.75. The van der Waals surface area contributed by atoms with Gasteiger partial charge in [0, 0.05) is 0 Å². The highest BCUT2D eigenvalue weighted by Gasteiger charge is 2.13. The topological polar surface area (TPSA) is 81.1 Å². The molecule has 0 saturated heterocycles. The first-order valence-corrected chi connectivity index (χ1v) is 4.86. The average molecular weight is 207 g/mol. The molecule has 0 bridgehead atoms. The Bertz CT molecular complexity index is 363. The fourth-order valence-corrected chi connectivity index (χ4v) is 1.51. The molecule has 0 heterocycles. The van der Waals surface area contributed by atoms with Gasteiger partial charge in [-0.1, -0.05) is 23.8 Å². The molecule has 5 N–H and O–H groups in total. The highest BCUT2D eigenvalue weighted by molar-refractivity contribution is 5.81. The van der Waals surface area contributed by atoms with E-state index in [1.54, 1.807) is 0 Å². The molecule has 0 aromatic heterocycles. The lowest BCUT2D eigenvalue weighted by atomic mass is 9.99. The fourth-order valence-electron chi connectivity index (χ4n) is 1.51. The van der Waals surface area contributed by atoms with Crippen LogP contribution in [0.5, 0.6) is 0 Å². The Morgan fingerprint density at radius 1 is 1.47 bits per heavy atom. The minimum atomic E-state index is -0.587. The predicted octanol–water partition coefficient (Wildman–Crippen LogP) is 0.163. The van der Waals surface area contributed by atoms with Gasteiger partial charge in [0.2, 0.25) is 0 Å². The molecule has 0 spiro atoms. The maximum atomic E-state index is 11.1. The first-order chi connectivity index (χ1) is 7.04. The third-order valence-corrected chi connectivity index (χ3v) is 2.42. The average Bonchev–Trinajstić information content (AvgIpc) is 2.20. The third kappa shape index (κ3) is 3.04. The van der Waals surface area contributed by atoms with E-state index in [0.29, 0.717) is 6.42 Å². The molecule has 0 radical (unpaired) electrons. The Labute approximate surface area is 89.6 Å². The largest absolute Gasteiger partial charge is 0.320 e. The predicted molar refractivity (Wildman–Crippen MR) is 59.9 cm³/mol. The lowest BCUT2D eigenvalue weighted by Gasteiger charge is -2.12. The molecule has 1 unspecified atom stereocenters. The molecule has 0 fully saturated rings. The monoisotopic (exact) mass is 207 g/mol. The number of carbonyl (C=O) groups is 1. The van der Waals surface area contributed by atoms with Crippen molar-refractivity contribution in [3.63, 3.8) is 0 Å². The van der Waals surface area contributed by atoms with Gasteiger partial charge in [-0.15, -0.1) is 0 Å². The minimum absolute atomic E-state index is 0.338. The molecule has 1 aromatic rings. The highest BCUT2D eigenvalue weighted by Crippen LogP contribution is 2.12. The second-order valence-electron chi connectivity index (χ2n) is 3.75. The van der Waals surface area contributed by atoms with Crippen LogP contribution in [-0.2, 0) is 11.2 Å². The number of hydrazine groups is 1. The molecular formula is C11H17N3O. The molecule has 0 aliphatic carbocycles. The minimum Gasteiger partial charge on any atom is -0.320 e. The summed E-state index contributed by atoms with van der Waals surface area (Å²) in [5.41, 5.74) is 11.2. The fraction of sp³-hybridized carbons (Fsp3) is 0.364. The maximum absolute atomic E-state index is 11.1. The van der Waals surface area contributed by atoms with E-state index in [1.165, 1.54) is 5.56 Å². The lowest BCUT2D eigenvalue weighted by Crippen LogP contribution is -2.45. The number of nitrogens with one attached hydrogen (secondary N) is 1. The summed E-state index contributed by atoms with van der Waals surface area (Å²) in [6.07, 6.45) is 0.509. The van der Waals surface area contributed by atoms with Gasteiger partial charge in [0.05, 0.1) is 6.04 Å². The van der Waals surface area contributed by atoms with Crippen molar-refractivity contribution in [3.05, 3.63) is 34.9 Å². The van der Waals surface area contributed by atoms with Gasteiger partial charge in [-0.3, -0.25) is 10.2 Å². The van der Waals surface area contributed by atoms with Gasteiger partial charge in [-0.2, -0.15) is 0 Å². The zero-order valence-corrected chi connectivity index (χ0v) is 9.08. The quantitative estimate of drug-likeness (QED) is 0.375. The van der Waals surface area contributed by atoms with Crippen LogP contribution in [0.2, 0.25) is 0 Å². The van der Waals surface area contributed by atoms with Gasteiger partial charge in [-0.05, 0) is 31.4 Å². The van der Waals surface area contributed by atoms with E-state index >= 15 is 0 Å². The molecule has 1 atom stereocenters. The Hall–Kier alpha value is -1.39. The van der Waals surface area contributed by atoms with Gasteiger partial charge in [0.1, 0.15) is 0 Å². The zero-order valence-electron chi connectivity index (χ0n) is 9.08.